The van der Waals surface area contributed by atoms with Crippen molar-refractivity contribution >= 4 is 5.97 Å². The van der Waals surface area contributed by atoms with Crippen LogP contribution in [0, 0.1) is 0 Å². The van der Waals surface area contributed by atoms with E-state index < -0.39 is 5.97 Å². The molecule has 0 N–H and O–H groups in total. The SMILES string of the molecule is C=COC(=O)c1ccccc1C(CC)OC. The van der Waals surface area contributed by atoms with Gasteiger partial charge in [0.1, 0.15) is 0 Å². The molecule has 0 heterocycles. The van der Waals surface area contributed by atoms with Crippen molar-refractivity contribution in [1.82, 2.24) is 0 Å². The van der Waals surface area contributed by atoms with Crippen LogP contribution in [0.1, 0.15) is 35.4 Å². The average Bonchev–Trinajstić information content (AvgIpc) is 2.31. The minimum Gasteiger partial charge on any atom is -0.432 e. The predicted molar refractivity (Wildman–Crippen MR) is 62.1 cm³/mol. The first-order chi connectivity index (χ1) is 7.74. The maximum absolute atomic E-state index is 11.7. The molecule has 0 fully saturated rings. The van der Waals surface area contributed by atoms with Crippen LogP contribution in [0.25, 0.3) is 0 Å². The number of carbonyl (C=O) groups excluding carboxylic acids is 1. The molecule has 0 amide bonds. The topological polar surface area (TPSA) is 35.5 Å². The molecule has 0 saturated heterocycles. The van der Waals surface area contributed by atoms with Gasteiger partial charge in [-0.15, -0.1) is 0 Å². The molecule has 0 aromatic heterocycles. The Morgan fingerprint density at radius 1 is 1.50 bits per heavy atom. The lowest BCUT2D eigenvalue weighted by molar-refractivity contribution is 0.0644. The summed E-state index contributed by atoms with van der Waals surface area (Å²) in [5, 5.41) is 0. The van der Waals surface area contributed by atoms with Gasteiger partial charge in [-0.25, -0.2) is 4.79 Å². The Morgan fingerprint density at radius 2 is 2.19 bits per heavy atom. The summed E-state index contributed by atoms with van der Waals surface area (Å²) >= 11 is 0. The van der Waals surface area contributed by atoms with Crippen LogP contribution in [-0.4, -0.2) is 13.1 Å². The highest BCUT2D eigenvalue weighted by Gasteiger charge is 2.17. The van der Waals surface area contributed by atoms with E-state index in [1.165, 1.54) is 0 Å². The van der Waals surface area contributed by atoms with Gasteiger partial charge in [0.05, 0.1) is 17.9 Å². The molecule has 1 unspecified atom stereocenters. The third kappa shape index (κ3) is 2.70. The number of hydrogen-bond donors (Lipinski definition) is 0. The first kappa shape index (κ1) is 12.5. The zero-order chi connectivity index (χ0) is 12.0. The Bertz CT molecular complexity index is 367. The van der Waals surface area contributed by atoms with E-state index >= 15 is 0 Å². The average molecular weight is 220 g/mol. The van der Waals surface area contributed by atoms with Crippen molar-refractivity contribution in [1.29, 1.82) is 0 Å². The van der Waals surface area contributed by atoms with Gasteiger partial charge >= 0.3 is 5.97 Å². The van der Waals surface area contributed by atoms with E-state index in [4.69, 9.17) is 9.47 Å². The largest absolute Gasteiger partial charge is 0.432 e. The lowest BCUT2D eigenvalue weighted by atomic mass is 10.0. The van der Waals surface area contributed by atoms with Crippen molar-refractivity contribution in [3.63, 3.8) is 0 Å². The van der Waals surface area contributed by atoms with E-state index in [9.17, 15) is 4.79 Å². The van der Waals surface area contributed by atoms with Gasteiger partial charge in [-0.3, -0.25) is 0 Å². The fourth-order valence-electron chi connectivity index (χ4n) is 1.62. The van der Waals surface area contributed by atoms with Crippen LogP contribution < -0.4 is 0 Å². The number of benzene rings is 1. The van der Waals surface area contributed by atoms with E-state index in [1.807, 2.05) is 19.1 Å². The lowest BCUT2D eigenvalue weighted by Gasteiger charge is -2.16. The smallest absolute Gasteiger partial charge is 0.343 e. The summed E-state index contributed by atoms with van der Waals surface area (Å²) in [7, 11) is 1.63. The van der Waals surface area contributed by atoms with E-state index in [2.05, 4.69) is 6.58 Å². The summed E-state index contributed by atoms with van der Waals surface area (Å²) in [6.45, 7) is 5.37. The summed E-state index contributed by atoms with van der Waals surface area (Å²) in [5.41, 5.74) is 1.37. The molecule has 0 aliphatic rings. The number of methoxy groups -OCH3 is 1. The minimum absolute atomic E-state index is 0.0893. The number of esters is 1. The van der Waals surface area contributed by atoms with Crippen LogP contribution in [0.3, 0.4) is 0 Å². The Morgan fingerprint density at radius 3 is 2.75 bits per heavy atom. The van der Waals surface area contributed by atoms with Crippen LogP contribution in [0.15, 0.2) is 37.1 Å². The quantitative estimate of drug-likeness (QED) is 0.565. The Labute approximate surface area is 95.7 Å². The highest BCUT2D eigenvalue weighted by Crippen LogP contribution is 2.24. The van der Waals surface area contributed by atoms with E-state index in [0.717, 1.165) is 18.2 Å². The van der Waals surface area contributed by atoms with Gasteiger partial charge < -0.3 is 9.47 Å². The predicted octanol–water partition coefficient (Wildman–Crippen LogP) is 3.08. The van der Waals surface area contributed by atoms with Crippen LogP contribution in [0.5, 0.6) is 0 Å². The summed E-state index contributed by atoms with van der Waals surface area (Å²) in [6.07, 6.45) is 1.84. The van der Waals surface area contributed by atoms with Gasteiger partial charge in [0.2, 0.25) is 0 Å². The van der Waals surface area contributed by atoms with Crippen molar-refractivity contribution in [3.05, 3.63) is 48.2 Å². The van der Waals surface area contributed by atoms with Crippen LogP contribution in [0.4, 0.5) is 0 Å². The molecule has 0 aliphatic carbocycles. The molecule has 1 aromatic carbocycles. The fraction of sp³-hybridized carbons (Fsp3) is 0.308. The second-order valence-electron chi connectivity index (χ2n) is 3.29. The number of ether oxygens (including phenoxy) is 2. The minimum atomic E-state index is -0.402. The molecule has 3 heteroatoms. The molecule has 0 radical (unpaired) electrons. The molecule has 0 bridgehead atoms. The standard InChI is InChI=1S/C13H16O3/c1-4-12(15-3)10-8-6-7-9-11(10)13(14)16-5-2/h5-9,12H,2,4H2,1,3H3. The summed E-state index contributed by atoms with van der Waals surface area (Å²) < 4.78 is 10.1. The third-order valence-electron chi connectivity index (χ3n) is 2.37. The molecule has 1 aromatic rings. The fourth-order valence-corrected chi connectivity index (χ4v) is 1.62. The Hall–Kier alpha value is -1.61. The summed E-state index contributed by atoms with van der Waals surface area (Å²) in [5.74, 6) is -0.402. The molecule has 1 rings (SSSR count). The van der Waals surface area contributed by atoms with Gasteiger partial charge in [-0.05, 0) is 18.1 Å². The maximum Gasteiger partial charge on any atom is 0.343 e. The second-order valence-corrected chi connectivity index (χ2v) is 3.29. The van der Waals surface area contributed by atoms with Crippen LogP contribution in [-0.2, 0) is 9.47 Å². The van der Waals surface area contributed by atoms with Crippen molar-refractivity contribution in [2.75, 3.05) is 7.11 Å². The highest BCUT2D eigenvalue weighted by atomic mass is 16.5. The normalized spacial score (nSPS) is 11.9. The van der Waals surface area contributed by atoms with Crippen molar-refractivity contribution in [2.24, 2.45) is 0 Å². The van der Waals surface area contributed by atoms with Gasteiger partial charge in [0, 0.05) is 7.11 Å². The molecular formula is C13H16O3. The van der Waals surface area contributed by atoms with Crippen molar-refractivity contribution in [3.8, 4) is 0 Å². The molecule has 16 heavy (non-hydrogen) atoms. The second kappa shape index (κ2) is 6.08. The molecular weight excluding hydrogens is 204 g/mol. The third-order valence-corrected chi connectivity index (χ3v) is 2.37. The van der Waals surface area contributed by atoms with Crippen LogP contribution in [0.2, 0.25) is 0 Å². The number of hydrogen-bond acceptors (Lipinski definition) is 3. The van der Waals surface area contributed by atoms with E-state index in [1.54, 1.807) is 19.2 Å². The first-order valence-electron chi connectivity index (χ1n) is 5.18. The summed E-state index contributed by atoms with van der Waals surface area (Å²) in [6, 6.07) is 7.27. The molecule has 0 saturated carbocycles. The zero-order valence-corrected chi connectivity index (χ0v) is 9.60. The molecule has 1 atom stereocenters. The highest BCUT2D eigenvalue weighted by molar-refractivity contribution is 5.91. The Kier molecular flexibility index (Phi) is 4.73. The monoisotopic (exact) mass is 220 g/mol. The lowest BCUT2D eigenvalue weighted by Crippen LogP contribution is -2.09. The molecule has 86 valence electrons. The molecule has 3 nitrogen and oxygen atoms in total. The van der Waals surface area contributed by atoms with E-state index in [0.29, 0.717) is 5.56 Å². The van der Waals surface area contributed by atoms with Gasteiger partial charge in [0.25, 0.3) is 0 Å². The zero-order valence-electron chi connectivity index (χ0n) is 9.60. The van der Waals surface area contributed by atoms with Gasteiger partial charge in [-0.1, -0.05) is 31.7 Å². The summed E-state index contributed by atoms with van der Waals surface area (Å²) in [4.78, 5) is 11.7. The number of carbonyl (C=O) groups is 1. The Balaban J connectivity index is 3.08. The van der Waals surface area contributed by atoms with E-state index in [-0.39, 0.29) is 6.10 Å². The molecule has 0 spiro atoms. The van der Waals surface area contributed by atoms with Gasteiger partial charge in [-0.2, -0.15) is 0 Å². The van der Waals surface area contributed by atoms with Gasteiger partial charge in [0.15, 0.2) is 0 Å². The van der Waals surface area contributed by atoms with Crippen molar-refractivity contribution < 1.29 is 14.3 Å². The maximum atomic E-state index is 11.7. The molecule has 0 aliphatic heterocycles. The number of rotatable bonds is 5. The van der Waals surface area contributed by atoms with Crippen molar-refractivity contribution in [2.45, 2.75) is 19.4 Å². The first-order valence-corrected chi connectivity index (χ1v) is 5.18. The van der Waals surface area contributed by atoms with Crippen LogP contribution >= 0.6 is 0 Å².